The molecule has 0 aliphatic heterocycles. The fourth-order valence-corrected chi connectivity index (χ4v) is 0.454. The van der Waals surface area contributed by atoms with Gasteiger partial charge in [0.2, 0.25) is 5.91 Å². The lowest BCUT2D eigenvalue weighted by Crippen LogP contribution is -2.39. The van der Waals surface area contributed by atoms with Crippen LogP contribution in [-0.4, -0.2) is 18.4 Å². The first-order chi connectivity index (χ1) is 4.95. The molecule has 0 heterocycles. The van der Waals surface area contributed by atoms with E-state index in [9.17, 15) is 13.6 Å². The van der Waals surface area contributed by atoms with Gasteiger partial charge in [-0.25, -0.2) is 8.78 Å². The van der Waals surface area contributed by atoms with Crippen molar-refractivity contribution in [1.29, 1.82) is 0 Å². The lowest BCUT2D eigenvalue weighted by Gasteiger charge is -2.13. The van der Waals surface area contributed by atoms with Crippen molar-refractivity contribution < 1.29 is 13.6 Å². The van der Waals surface area contributed by atoms with Crippen LogP contribution in [0.5, 0.6) is 0 Å². The highest BCUT2D eigenvalue weighted by molar-refractivity contribution is 5.78. The number of carbonyl (C=O) groups excluding carboxylic acids is 1. The van der Waals surface area contributed by atoms with Gasteiger partial charge in [0.15, 0.2) is 0 Å². The van der Waals surface area contributed by atoms with Crippen molar-refractivity contribution in [2.75, 3.05) is 0 Å². The number of rotatable bonds is 3. The third-order valence-corrected chi connectivity index (χ3v) is 1.27. The van der Waals surface area contributed by atoms with Gasteiger partial charge < -0.3 is 5.32 Å². The Morgan fingerprint density at radius 1 is 1.27 bits per heavy atom. The Labute approximate surface area is 65.0 Å². The van der Waals surface area contributed by atoms with E-state index in [1.54, 1.807) is 13.8 Å². The minimum absolute atomic E-state index is 0.240. The highest BCUT2D eigenvalue weighted by atomic mass is 19.3. The van der Waals surface area contributed by atoms with E-state index in [0.717, 1.165) is 0 Å². The third kappa shape index (κ3) is 3.91. The maximum absolute atomic E-state index is 11.8. The summed E-state index contributed by atoms with van der Waals surface area (Å²) >= 11 is 0. The maximum atomic E-state index is 11.8. The normalized spacial score (nSPS) is 13.7. The minimum Gasteiger partial charge on any atom is -0.348 e. The molecule has 11 heavy (non-hydrogen) atoms. The second-order valence-electron chi connectivity index (χ2n) is 2.79. The molecule has 0 spiro atoms. The monoisotopic (exact) mass is 165 g/mol. The molecule has 0 fully saturated rings. The molecule has 2 nitrogen and oxygen atoms in total. The Kier molecular flexibility index (Phi) is 4.00. The Balaban J connectivity index is 3.76. The summed E-state index contributed by atoms with van der Waals surface area (Å²) in [6, 6.07) is -1.05. The molecule has 0 aromatic rings. The molecule has 1 N–H and O–H groups in total. The SMILES string of the molecule is CC(C)C(=O)NC(C)C(F)F. The van der Waals surface area contributed by atoms with E-state index in [-0.39, 0.29) is 11.8 Å². The molecule has 0 aliphatic rings. The van der Waals surface area contributed by atoms with E-state index in [1.807, 2.05) is 0 Å². The van der Waals surface area contributed by atoms with Gasteiger partial charge in [-0.15, -0.1) is 0 Å². The van der Waals surface area contributed by atoms with Crippen LogP contribution in [0.4, 0.5) is 8.78 Å². The molecule has 1 unspecified atom stereocenters. The van der Waals surface area contributed by atoms with E-state index in [0.29, 0.717) is 0 Å². The Bertz CT molecular complexity index is 136. The minimum atomic E-state index is -2.49. The molecule has 0 bridgehead atoms. The topological polar surface area (TPSA) is 29.1 Å². The van der Waals surface area contributed by atoms with E-state index in [1.165, 1.54) is 6.92 Å². The molecule has 1 atom stereocenters. The van der Waals surface area contributed by atoms with Crippen LogP contribution >= 0.6 is 0 Å². The average molecular weight is 165 g/mol. The molecule has 0 aliphatic carbocycles. The Morgan fingerprint density at radius 3 is 2.00 bits per heavy atom. The number of carbonyl (C=O) groups is 1. The molecule has 0 rings (SSSR count). The zero-order valence-corrected chi connectivity index (χ0v) is 6.90. The van der Waals surface area contributed by atoms with Crippen molar-refractivity contribution in [1.82, 2.24) is 5.32 Å². The molecule has 0 saturated carbocycles. The van der Waals surface area contributed by atoms with E-state index in [4.69, 9.17) is 0 Å². The summed E-state index contributed by atoms with van der Waals surface area (Å²) in [5.74, 6) is -0.575. The summed E-state index contributed by atoms with van der Waals surface area (Å²) < 4.78 is 23.7. The van der Waals surface area contributed by atoms with Gasteiger partial charge in [-0.2, -0.15) is 0 Å². The highest BCUT2D eigenvalue weighted by Gasteiger charge is 2.17. The fraction of sp³-hybridized carbons (Fsp3) is 0.857. The van der Waals surface area contributed by atoms with E-state index >= 15 is 0 Å². The summed E-state index contributed by atoms with van der Waals surface area (Å²) in [5.41, 5.74) is 0. The number of hydrogen-bond acceptors (Lipinski definition) is 1. The van der Waals surface area contributed by atoms with Crippen LogP contribution in [0.1, 0.15) is 20.8 Å². The van der Waals surface area contributed by atoms with Crippen molar-refractivity contribution in [2.45, 2.75) is 33.2 Å². The Morgan fingerprint density at radius 2 is 1.73 bits per heavy atom. The van der Waals surface area contributed by atoms with Gasteiger partial charge in [-0.1, -0.05) is 13.8 Å². The van der Waals surface area contributed by atoms with Gasteiger partial charge in [0, 0.05) is 5.92 Å². The second kappa shape index (κ2) is 4.26. The first kappa shape index (κ1) is 10.3. The van der Waals surface area contributed by atoms with Gasteiger partial charge in [0.1, 0.15) is 0 Å². The predicted molar refractivity (Wildman–Crippen MR) is 38.4 cm³/mol. The largest absolute Gasteiger partial charge is 0.348 e. The van der Waals surface area contributed by atoms with Crippen LogP contribution in [-0.2, 0) is 4.79 Å². The summed E-state index contributed by atoms with van der Waals surface area (Å²) in [6.07, 6.45) is -2.49. The van der Waals surface area contributed by atoms with Crippen LogP contribution in [0, 0.1) is 5.92 Å². The molecule has 0 aromatic heterocycles. The summed E-state index contributed by atoms with van der Waals surface area (Å²) in [4.78, 5) is 10.8. The van der Waals surface area contributed by atoms with Crippen molar-refractivity contribution in [3.63, 3.8) is 0 Å². The zero-order chi connectivity index (χ0) is 9.02. The van der Waals surface area contributed by atoms with Crippen molar-refractivity contribution in [3.8, 4) is 0 Å². The number of hydrogen-bond donors (Lipinski definition) is 1. The van der Waals surface area contributed by atoms with Crippen LogP contribution in [0.2, 0.25) is 0 Å². The number of nitrogens with one attached hydrogen (secondary N) is 1. The van der Waals surface area contributed by atoms with Crippen LogP contribution in [0.15, 0.2) is 0 Å². The van der Waals surface area contributed by atoms with Gasteiger partial charge in [0.05, 0.1) is 6.04 Å². The molecule has 0 aromatic carbocycles. The zero-order valence-electron chi connectivity index (χ0n) is 6.90. The Hall–Kier alpha value is -0.670. The standard InChI is InChI=1S/C7H13F2NO/c1-4(2)7(11)10-5(3)6(8)9/h4-6H,1-3H3,(H,10,11). The van der Waals surface area contributed by atoms with E-state index in [2.05, 4.69) is 5.32 Å². The molecule has 1 amide bonds. The molecule has 4 heteroatoms. The van der Waals surface area contributed by atoms with Gasteiger partial charge >= 0.3 is 0 Å². The summed E-state index contributed by atoms with van der Waals surface area (Å²) in [5, 5.41) is 2.19. The predicted octanol–water partition coefficient (Wildman–Crippen LogP) is 1.41. The maximum Gasteiger partial charge on any atom is 0.258 e. The van der Waals surface area contributed by atoms with E-state index < -0.39 is 12.5 Å². The fourth-order valence-electron chi connectivity index (χ4n) is 0.454. The van der Waals surface area contributed by atoms with Crippen LogP contribution in [0.25, 0.3) is 0 Å². The van der Waals surface area contributed by atoms with Gasteiger partial charge in [-0.3, -0.25) is 4.79 Å². The molecule has 0 saturated heterocycles. The summed E-state index contributed by atoms with van der Waals surface area (Å²) in [6.45, 7) is 4.60. The number of alkyl halides is 2. The number of amides is 1. The number of halogens is 2. The smallest absolute Gasteiger partial charge is 0.258 e. The first-order valence-electron chi connectivity index (χ1n) is 3.53. The third-order valence-electron chi connectivity index (χ3n) is 1.27. The molecule has 66 valence electrons. The average Bonchev–Trinajstić information content (AvgIpc) is 1.87. The van der Waals surface area contributed by atoms with Gasteiger partial charge in [-0.05, 0) is 6.92 Å². The quantitative estimate of drug-likeness (QED) is 0.673. The molecule has 0 radical (unpaired) electrons. The van der Waals surface area contributed by atoms with Crippen molar-refractivity contribution in [3.05, 3.63) is 0 Å². The van der Waals surface area contributed by atoms with Gasteiger partial charge in [0.25, 0.3) is 6.43 Å². The van der Waals surface area contributed by atoms with Crippen LogP contribution in [0.3, 0.4) is 0 Å². The van der Waals surface area contributed by atoms with Crippen molar-refractivity contribution >= 4 is 5.91 Å². The highest BCUT2D eigenvalue weighted by Crippen LogP contribution is 2.01. The summed E-state index contributed by atoms with van der Waals surface area (Å²) in [7, 11) is 0. The van der Waals surface area contributed by atoms with Crippen LogP contribution < -0.4 is 5.32 Å². The second-order valence-corrected chi connectivity index (χ2v) is 2.79. The molecular weight excluding hydrogens is 152 g/mol. The van der Waals surface area contributed by atoms with Crippen molar-refractivity contribution in [2.24, 2.45) is 5.92 Å². The lowest BCUT2D eigenvalue weighted by molar-refractivity contribution is -0.125. The lowest BCUT2D eigenvalue weighted by atomic mass is 10.2. The molecular formula is C7H13F2NO. The first-order valence-corrected chi connectivity index (χ1v) is 3.53.